The van der Waals surface area contributed by atoms with Gasteiger partial charge in [-0.3, -0.25) is 4.79 Å². The van der Waals surface area contributed by atoms with Crippen molar-refractivity contribution in [1.29, 1.82) is 0 Å². The molecule has 2 aromatic rings. The van der Waals surface area contributed by atoms with E-state index in [-0.39, 0.29) is 29.9 Å². The Morgan fingerprint density at radius 3 is 2.61 bits per heavy atom. The second kappa shape index (κ2) is 13.4. The molecule has 154 valence electrons. The van der Waals surface area contributed by atoms with Crippen LogP contribution in [0.2, 0.25) is 0 Å². The number of hydrogen-bond acceptors (Lipinski definition) is 4. The van der Waals surface area contributed by atoms with Gasteiger partial charge in [0, 0.05) is 35.0 Å². The third kappa shape index (κ3) is 8.92. The van der Waals surface area contributed by atoms with Crippen LogP contribution in [0.4, 0.5) is 5.69 Å². The van der Waals surface area contributed by atoms with Gasteiger partial charge in [-0.25, -0.2) is 4.99 Å². The number of benzene rings is 1. The number of nitrogens with zero attached hydrogens (tertiary/aromatic N) is 1. The Hall–Kier alpha value is -1.81. The van der Waals surface area contributed by atoms with Gasteiger partial charge in [-0.05, 0) is 37.6 Å². The summed E-state index contributed by atoms with van der Waals surface area (Å²) in [6.07, 6.45) is 1.06. The molecule has 2 rings (SSSR count). The van der Waals surface area contributed by atoms with E-state index in [0.29, 0.717) is 19.7 Å². The first-order valence-electron chi connectivity index (χ1n) is 9.21. The Morgan fingerprint density at radius 1 is 1.14 bits per heavy atom. The number of carbonyl (C=O) groups excluding carboxylic acids is 1. The molecule has 0 fully saturated rings. The topological polar surface area (TPSA) is 74.8 Å². The highest BCUT2D eigenvalue weighted by atomic mass is 127. The number of aliphatic imine (C=N–C) groups is 1. The molecular formula is C20H29IN4O2S. The molecule has 3 N–H and O–H groups in total. The predicted molar refractivity (Wildman–Crippen MR) is 128 cm³/mol. The lowest BCUT2D eigenvalue weighted by molar-refractivity contribution is -0.114. The average molecular weight is 516 g/mol. The molecule has 0 aliphatic rings. The van der Waals surface area contributed by atoms with Gasteiger partial charge in [-0.1, -0.05) is 13.0 Å². The molecule has 0 bridgehead atoms. The minimum absolute atomic E-state index is 0. The van der Waals surface area contributed by atoms with Crippen molar-refractivity contribution in [3.63, 3.8) is 0 Å². The summed E-state index contributed by atoms with van der Waals surface area (Å²) < 4.78 is 5.74. The Balaban J connectivity index is 0.00000392. The SMILES string of the molecule is CCNC(=NCc1ccc(CC)s1)NCCOc1cccc(NC(C)=O)c1.I. The van der Waals surface area contributed by atoms with Crippen LogP contribution in [0.1, 0.15) is 30.5 Å². The standard InChI is InChI=1S/C20H28N4O2S.HI/c1-4-18-9-10-19(27-18)14-23-20(21-5-2)22-11-12-26-17-8-6-7-16(13-17)24-15(3)25;/h6-10,13H,4-5,11-12,14H2,1-3H3,(H,24,25)(H2,21,22,23);1H. The maximum Gasteiger partial charge on any atom is 0.221 e. The molecule has 1 aromatic heterocycles. The maximum atomic E-state index is 11.1. The van der Waals surface area contributed by atoms with Crippen molar-refractivity contribution in [3.05, 3.63) is 46.2 Å². The van der Waals surface area contributed by atoms with E-state index in [9.17, 15) is 4.79 Å². The molecule has 0 aliphatic carbocycles. The Bertz CT molecular complexity index is 764. The molecule has 8 heteroatoms. The van der Waals surface area contributed by atoms with E-state index in [0.717, 1.165) is 30.4 Å². The van der Waals surface area contributed by atoms with Crippen molar-refractivity contribution in [2.75, 3.05) is 25.0 Å². The molecule has 0 atom stereocenters. The van der Waals surface area contributed by atoms with Gasteiger partial charge in [0.2, 0.25) is 5.91 Å². The van der Waals surface area contributed by atoms with Crippen LogP contribution < -0.4 is 20.7 Å². The zero-order chi connectivity index (χ0) is 19.5. The largest absolute Gasteiger partial charge is 0.492 e. The molecule has 0 unspecified atom stereocenters. The molecule has 6 nitrogen and oxygen atoms in total. The van der Waals surface area contributed by atoms with Crippen LogP contribution in [-0.2, 0) is 17.8 Å². The number of hydrogen-bond donors (Lipinski definition) is 3. The number of guanidine groups is 1. The number of amides is 1. The molecule has 0 saturated carbocycles. The first-order valence-corrected chi connectivity index (χ1v) is 10.0. The van der Waals surface area contributed by atoms with Gasteiger partial charge in [0.1, 0.15) is 12.4 Å². The van der Waals surface area contributed by atoms with Crippen LogP contribution >= 0.6 is 35.3 Å². The van der Waals surface area contributed by atoms with Gasteiger partial charge in [0.25, 0.3) is 0 Å². The molecule has 0 aliphatic heterocycles. The molecule has 1 heterocycles. The summed E-state index contributed by atoms with van der Waals surface area (Å²) >= 11 is 1.81. The van der Waals surface area contributed by atoms with Crippen molar-refractivity contribution in [2.24, 2.45) is 4.99 Å². The number of aryl methyl sites for hydroxylation is 1. The van der Waals surface area contributed by atoms with Gasteiger partial charge in [-0.2, -0.15) is 0 Å². The first kappa shape index (κ1) is 24.2. The monoisotopic (exact) mass is 516 g/mol. The number of anilines is 1. The van der Waals surface area contributed by atoms with Crippen LogP contribution in [0.3, 0.4) is 0 Å². The van der Waals surface area contributed by atoms with E-state index in [4.69, 9.17) is 4.74 Å². The molecule has 1 amide bonds. The fourth-order valence-corrected chi connectivity index (χ4v) is 3.28. The summed E-state index contributed by atoms with van der Waals surface area (Å²) in [4.78, 5) is 18.4. The quantitative estimate of drug-likeness (QED) is 0.204. The van der Waals surface area contributed by atoms with Crippen molar-refractivity contribution in [1.82, 2.24) is 10.6 Å². The lowest BCUT2D eigenvalue weighted by Gasteiger charge is -2.12. The van der Waals surface area contributed by atoms with Gasteiger partial charge < -0.3 is 20.7 Å². The molecule has 0 saturated heterocycles. The third-order valence-corrected chi connectivity index (χ3v) is 4.83. The van der Waals surface area contributed by atoms with Gasteiger partial charge in [-0.15, -0.1) is 35.3 Å². The summed E-state index contributed by atoms with van der Waals surface area (Å²) in [6, 6.07) is 11.7. The van der Waals surface area contributed by atoms with E-state index in [1.54, 1.807) is 11.3 Å². The van der Waals surface area contributed by atoms with Gasteiger partial charge >= 0.3 is 0 Å². The minimum Gasteiger partial charge on any atom is -0.492 e. The number of nitrogens with one attached hydrogen (secondary N) is 3. The molecular weight excluding hydrogens is 487 g/mol. The van der Waals surface area contributed by atoms with Crippen LogP contribution in [0.5, 0.6) is 5.75 Å². The highest BCUT2D eigenvalue weighted by Gasteiger charge is 2.02. The number of ether oxygens (including phenoxy) is 1. The summed E-state index contributed by atoms with van der Waals surface area (Å²) in [7, 11) is 0. The van der Waals surface area contributed by atoms with Gasteiger partial charge in [0.15, 0.2) is 5.96 Å². The lowest BCUT2D eigenvalue weighted by Crippen LogP contribution is -2.39. The smallest absolute Gasteiger partial charge is 0.221 e. The van der Waals surface area contributed by atoms with Crippen LogP contribution in [0.25, 0.3) is 0 Å². The highest BCUT2D eigenvalue weighted by Crippen LogP contribution is 2.18. The van der Waals surface area contributed by atoms with E-state index in [1.165, 1.54) is 16.7 Å². The normalized spacial score (nSPS) is 10.8. The Morgan fingerprint density at radius 2 is 1.93 bits per heavy atom. The van der Waals surface area contributed by atoms with Crippen molar-refractivity contribution >= 4 is 52.9 Å². The molecule has 0 radical (unpaired) electrons. The second-order valence-electron chi connectivity index (χ2n) is 5.90. The zero-order valence-electron chi connectivity index (χ0n) is 16.6. The fraction of sp³-hybridized carbons (Fsp3) is 0.400. The van der Waals surface area contributed by atoms with Gasteiger partial charge in [0.05, 0.1) is 13.1 Å². The molecule has 28 heavy (non-hydrogen) atoms. The van der Waals surface area contributed by atoms with E-state index < -0.39 is 0 Å². The maximum absolute atomic E-state index is 11.1. The van der Waals surface area contributed by atoms with E-state index in [2.05, 4.69) is 40.0 Å². The van der Waals surface area contributed by atoms with E-state index in [1.807, 2.05) is 31.2 Å². The number of halogens is 1. The lowest BCUT2D eigenvalue weighted by atomic mass is 10.3. The number of rotatable bonds is 9. The summed E-state index contributed by atoms with van der Waals surface area (Å²) in [5.74, 6) is 1.40. The second-order valence-corrected chi connectivity index (χ2v) is 7.15. The van der Waals surface area contributed by atoms with E-state index >= 15 is 0 Å². The van der Waals surface area contributed by atoms with Crippen LogP contribution in [-0.4, -0.2) is 31.6 Å². The minimum atomic E-state index is -0.0999. The Labute approximate surface area is 188 Å². The highest BCUT2D eigenvalue weighted by molar-refractivity contribution is 14.0. The Kier molecular flexibility index (Phi) is 11.6. The summed E-state index contributed by atoms with van der Waals surface area (Å²) in [5, 5.41) is 9.27. The van der Waals surface area contributed by atoms with Crippen LogP contribution in [0, 0.1) is 0 Å². The average Bonchev–Trinajstić information content (AvgIpc) is 3.11. The first-order chi connectivity index (χ1) is 13.1. The summed E-state index contributed by atoms with van der Waals surface area (Å²) in [6.45, 7) is 8.28. The molecule has 1 aromatic carbocycles. The van der Waals surface area contributed by atoms with Crippen molar-refractivity contribution in [3.8, 4) is 5.75 Å². The third-order valence-electron chi connectivity index (χ3n) is 3.62. The molecule has 0 spiro atoms. The summed E-state index contributed by atoms with van der Waals surface area (Å²) in [5.41, 5.74) is 0.727. The van der Waals surface area contributed by atoms with Crippen molar-refractivity contribution < 1.29 is 9.53 Å². The zero-order valence-corrected chi connectivity index (χ0v) is 19.7. The number of carbonyl (C=O) groups is 1. The predicted octanol–water partition coefficient (Wildman–Crippen LogP) is 4.02. The fourth-order valence-electron chi connectivity index (χ4n) is 2.40. The van der Waals surface area contributed by atoms with Crippen molar-refractivity contribution in [2.45, 2.75) is 33.7 Å². The van der Waals surface area contributed by atoms with Crippen LogP contribution in [0.15, 0.2) is 41.4 Å². The number of thiophene rings is 1.